The summed E-state index contributed by atoms with van der Waals surface area (Å²) in [5.74, 6) is -0.753. The zero-order valence-electron chi connectivity index (χ0n) is 11.2. The molecule has 0 fully saturated rings. The van der Waals surface area contributed by atoms with E-state index in [1.54, 1.807) is 0 Å². The Morgan fingerprint density at radius 2 is 1.90 bits per heavy atom. The Morgan fingerprint density at radius 3 is 2.60 bits per heavy atom. The second kappa shape index (κ2) is 9.36. The molecule has 0 spiro atoms. The van der Waals surface area contributed by atoms with Crippen LogP contribution in [0.2, 0.25) is 0 Å². The molecule has 0 aliphatic rings. The molecule has 1 aromatic rings. The summed E-state index contributed by atoms with van der Waals surface area (Å²) in [5.41, 5.74) is 0.735. The fourth-order valence-corrected chi connectivity index (χ4v) is 2.10. The molecular weight excluding hydrogens is 324 g/mol. The average molecular weight is 343 g/mol. The molecule has 3 N–H and O–H groups in total. The number of nitrogens with one attached hydrogen (secondary N) is 2. The number of unbranched alkanes of at least 4 members (excludes halogenated alkanes) is 3. The summed E-state index contributed by atoms with van der Waals surface area (Å²) >= 11 is 3.34. The number of hydrogen-bond acceptors (Lipinski definition) is 2. The lowest BCUT2D eigenvalue weighted by Gasteiger charge is -2.07. The smallest absolute Gasteiger partial charge is 0.319 e. The first-order valence-electron chi connectivity index (χ1n) is 6.60. The molecule has 2 amide bonds. The van der Waals surface area contributed by atoms with E-state index in [-0.39, 0.29) is 12.5 Å². The van der Waals surface area contributed by atoms with Crippen molar-refractivity contribution in [2.45, 2.75) is 32.1 Å². The molecular formula is C14H19BrN2O3. The van der Waals surface area contributed by atoms with Crippen molar-refractivity contribution in [2.24, 2.45) is 0 Å². The molecule has 1 rings (SSSR count). The first-order valence-corrected chi connectivity index (χ1v) is 7.39. The highest BCUT2D eigenvalue weighted by atomic mass is 79.9. The number of amides is 2. The van der Waals surface area contributed by atoms with E-state index in [1.807, 2.05) is 24.3 Å². The number of benzene rings is 1. The minimum atomic E-state index is -0.753. The van der Waals surface area contributed by atoms with Gasteiger partial charge in [-0.1, -0.05) is 34.8 Å². The third-order valence-electron chi connectivity index (χ3n) is 2.69. The first-order chi connectivity index (χ1) is 9.58. The molecule has 110 valence electrons. The Labute approximate surface area is 126 Å². The van der Waals surface area contributed by atoms with Gasteiger partial charge in [-0.3, -0.25) is 4.79 Å². The molecule has 0 aliphatic carbocycles. The lowest BCUT2D eigenvalue weighted by atomic mass is 10.1. The van der Waals surface area contributed by atoms with E-state index in [4.69, 9.17) is 5.11 Å². The summed E-state index contributed by atoms with van der Waals surface area (Å²) < 4.78 is 0.911. The lowest BCUT2D eigenvalue weighted by molar-refractivity contribution is -0.137. The molecule has 0 saturated heterocycles. The zero-order chi connectivity index (χ0) is 14.8. The summed E-state index contributed by atoms with van der Waals surface area (Å²) in [6.45, 7) is 0.590. The Balaban J connectivity index is 2.07. The van der Waals surface area contributed by atoms with Crippen LogP contribution in [0.1, 0.15) is 32.1 Å². The van der Waals surface area contributed by atoms with E-state index in [2.05, 4.69) is 26.6 Å². The zero-order valence-corrected chi connectivity index (χ0v) is 12.8. The van der Waals surface area contributed by atoms with Gasteiger partial charge in [-0.05, 0) is 31.0 Å². The number of carboxylic acids is 1. The molecule has 0 aliphatic heterocycles. The molecule has 20 heavy (non-hydrogen) atoms. The van der Waals surface area contributed by atoms with Crippen molar-refractivity contribution in [3.63, 3.8) is 0 Å². The predicted molar refractivity (Wildman–Crippen MR) is 81.9 cm³/mol. The standard InChI is InChI=1S/C14H19BrN2O3/c15-11-6-5-7-12(10-11)17-14(20)16-9-4-2-1-3-8-13(18)19/h5-7,10H,1-4,8-9H2,(H,18,19)(H2,16,17,20). The highest BCUT2D eigenvalue weighted by Crippen LogP contribution is 2.15. The van der Waals surface area contributed by atoms with Crippen molar-refractivity contribution in [2.75, 3.05) is 11.9 Å². The Hall–Kier alpha value is -1.56. The summed E-state index contributed by atoms with van der Waals surface area (Å²) in [4.78, 5) is 21.9. The number of urea groups is 1. The Morgan fingerprint density at radius 1 is 1.15 bits per heavy atom. The number of rotatable bonds is 8. The lowest BCUT2D eigenvalue weighted by Crippen LogP contribution is -2.29. The van der Waals surface area contributed by atoms with E-state index in [1.165, 1.54) is 0 Å². The van der Waals surface area contributed by atoms with Gasteiger partial charge < -0.3 is 15.7 Å². The van der Waals surface area contributed by atoms with Gasteiger partial charge in [0, 0.05) is 23.1 Å². The molecule has 5 nitrogen and oxygen atoms in total. The number of carbonyl (C=O) groups excluding carboxylic acids is 1. The Bertz CT molecular complexity index is 452. The van der Waals surface area contributed by atoms with Gasteiger partial charge >= 0.3 is 12.0 Å². The number of hydrogen-bond donors (Lipinski definition) is 3. The number of carbonyl (C=O) groups is 2. The average Bonchev–Trinajstić information content (AvgIpc) is 2.37. The van der Waals surface area contributed by atoms with Gasteiger partial charge in [-0.25, -0.2) is 4.79 Å². The van der Waals surface area contributed by atoms with Crippen molar-refractivity contribution >= 4 is 33.6 Å². The second-order valence-electron chi connectivity index (χ2n) is 4.45. The van der Waals surface area contributed by atoms with Crippen LogP contribution in [0.15, 0.2) is 28.7 Å². The van der Waals surface area contributed by atoms with Crippen LogP contribution >= 0.6 is 15.9 Å². The molecule has 0 aromatic heterocycles. The van der Waals surface area contributed by atoms with E-state index in [0.717, 1.165) is 29.4 Å². The summed E-state index contributed by atoms with van der Waals surface area (Å²) in [6.07, 6.45) is 3.56. The molecule has 0 saturated carbocycles. The SMILES string of the molecule is O=C(O)CCCCCCNC(=O)Nc1cccc(Br)c1. The molecule has 6 heteroatoms. The van der Waals surface area contributed by atoms with Crippen molar-refractivity contribution in [3.05, 3.63) is 28.7 Å². The summed E-state index contributed by atoms with van der Waals surface area (Å²) in [5, 5.41) is 14.0. The van der Waals surface area contributed by atoms with Gasteiger partial charge in [0.05, 0.1) is 0 Å². The fraction of sp³-hybridized carbons (Fsp3) is 0.429. The van der Waals surface area contributed by atoms with Gasteiger partial charge in [0.25, 0.3) is 0 Å². The van der Waals surface area contributed by atoms with Crippen LogP contribution in [0.25, 0.3) is 0 Å². The number of anilines is 1. The highest BCUT2D eigenvalue weighted by molar-refractivity contribution is 9.10. The quantitative estimate of drug-likeness (QED) is 0.631. The number of carboxylic acid groups (broad SMARTS) is 1. The molecule has 0 radical (unpaired) electrons. The van der Waals surface area contributed by atoms with Crippen LogP contribution in [-0.4, -0.2) is 23.7 Å². The minimum absolute atomic E-state index is 0.219. The van der Waals surface area contributed by atoms with Crippen LogP contribution in [0.5, 0.6) is 0 Å². The fourth-order valence-electron chi connectivity index (χ4n) is 1.70. The molecule has 0 bridgehead atoms. The van der Waals surface area contributed by atoms with Crippen LogP contribution < -0.4 is 10.6 Å². The van der Waals surface area contributed by atoms with E-state index in [0.29, 0.717) is 13.0 Å². The summed E-state index contributed by atoms with van der Waals surface area (Å²) in [7, 11) is 0. The van der Waals surface area contributed by atoms with Gasteiger partial charge in [0.1, 0.15) is 0 Å². The van der Waals surface area contributed by atoms with Gasteiger partial charge in [-0.2, -0.15) is 0 Å². The normalized spacial score (nSPS) is 10.1. The number of halogens is 1. The van der Waals surface area contributed by atoms with Gasteiger partial charge in [0.2, 0.25) is 0 Å². The maximum Gasteiger partial charge on any atom is 0.319 e. The van der Waals surface area contributed by atoms with Crippen LogP contribution in [0, 0.1) is 0 Å². The molecule has 0 heterocycles. The van der Waals surface area contributed by atoms with Crippen LogP contribution in [0.4, 0.5) is 10.5 Å². The van der Waals surface area contributed by atoms with Crippen molar-refractivity contribution < 1.29 is 14.7 Å². The van der Waals surface area contributed by atoms with Crippen molar-refractivity contribution in [1.29, 1.82) is 0 Å². The van der Waals surface area contributed by atoms with Crippen molar-refractivity contribution in [3.8, 4) is 0 Å². The third-order valence-corrected chi connectivity index (χ3v) is 3.18. The van der Waals surface area contributed by atoms with Gasteiger partial charge in [-0.15, -0.1) is 0 Å². The highest BCUT2D eigenvalue weighted by Gasteiger charge is 2.01. The largest absolute Gasteiger partial charge is 0.481 e. The minimum Gasteiger partial charge on any atom is -0.481 e. The van der Waals surface area contributed by atoms with Crippen LogP contribution in [-0.2, 0) is 4.79 Å². The van der Waals surface area contributed by atoms with E-state index >= 15 is 0 Å². The topological polar surface area (TPSA) is 78.4 Å². The Kier molecular flexibility index (Phi) is 7.72. The predicted octanol–water partition coefficient (Wildman–Crippen LogP) is 3.61. The summed E-state index contributed by atoms with van der Waals surface area (Å²) in [6, 6.07) is 7.15. The molecule has 1 aromatic carbocycles. The van der Waals surface area contributed by atoms with E-state index in [9.17, 15) is 9.59 Å². The molecule has 0 unspecified atom stereocenters. The second-order valence-corrected chi connectivity index (χ2v) is 5.36. The third kappa shape index (κ3) is 7.78. The number of aliphatic carboxylic acids is 1. The van der Waals surface area contributed by atoms with Crippen LogP contribution in [0.3, 0.4) is 0 Å². The van der Waals surface area contributed by atoms with E-state index < -0.39 is 5.97 Å². The van der Waals surface area contributed by atoms with Gasteiger partial charge in [0.15, 0.2) is 0 Å². The first kappa shape index (κ1) is 16.5. The monoisotopic (exact) mass is 342 g/mol. The molecule has 0 atom stereocenters. The maximum atomic E-state index is 11.6. The van der Waals surface area contributed by atoms with Crippen molar-refractivity contribution in [1.82, 2.24) is 5.32 Å². The maximum absolute atomic E-state index is 11.6.